The van der Waals surface area contributed by atoms with Gasteiger partial charge in [0.15, 0.2) is 0 Å². The number of carbonyl (C=O) groups is 2. The van der Waals surface area contributed by atoms with Crippen molar-refractivity contribution in [3.05, 3.63) is 12.2 Å². The van der Waals surface area contributed by atoms with Crippen LogP contribution >= 0.6 is 0 Å². The Morgan fingerprint density at radius 3 is 1.69 bits per heavy atom. The summed E-state index contributed by atoms with van der Waals surface area (Å²) in [5.41, 5.74) is 0. The quantitative estimate of drug-likeness (QED) is 0.577. The Kier molecular flexibility index (Phi) is 1.63. The molecule has 1 fully saturated rings. The normalized spacial score (nSPS) is 40.9. The summed E-state index contributed by atoms with van der Waals surface area (Å²) in [5, 5.41) is 17.6. The molecule has 0 spiro atoms. The zero-order chi connectivity index (χ0) is 9.59. The molecule has 0 aliphatic carbocycles. The van der Waals surface area contributed by atoms with Gasteiger partial charge in [-0.2, -0.15) is 0 Å². The van der Waals surface area contributed by atoms with Gasteiger partial charge in [-0.15, -0.1) is 0 Å². The van der Waals surface area contributed by atoms with Crippen LogP contribution in [0.5, 0.6) is 0 Å². The van der Waals surface area contributed by atoms with Gasteiger partial charge < -0.3 is 14.9 Å². The van der Waals surface area contributed by atoms with E-state index in [1.165, 1.54) is 0 Å². The molecule has 0 aromatic rings. The van der Waals surface area contributed by atoms with Crippen LogP contribution in [0.3, 0.4) is 0 Å². The standard InChI is InChI=1S/C8H8O5/c9-7(10)5-3-1-2-4(13-3)6(5)8(11)12/h1-6H,(H,9,10)(H,11,12)/t3-,4-,5-,6+/m0/s1. The summed E-state index contributed by atoms with van der Waals surface area (Å²) in [4.78, 5) is 21.5. The second kappa shape index (κ2) is 2.56. The molecule has 2 heterocycles. The molecule has 0 radical (unpaired) electrons. The van der Waals surface area contributed by atoms with Gasteiger partial charge >= 0.3 is 11.9 Å². The summed E-state index contributed by atoms with van der Waals surface area (Å²) in [7, 11) is 0. The molecule has 2 rings (SSSR count). The number of hydrogen-bond acceptors (Lipinski definition) is 3. The summed E-state index contributed by atoms with van der Waals surface area (Å²) in [6.07, 6.45) is 2.10. The van der Waals surface area contributed by atoms with E-state index in [-0.39, 0.29) is 0 Å². The molecule has 4 atom stereocenters. The molecule has 1 saturated heterocycles. The molecular formula is C8H8O5. The minimum Gasteiger partial charge on any atom is -0.481 e. The Morgan fingerprint density at radius 2 is 1.38 bits per heavy atom. The maximum atomic E-state index is 10.7. The van der Waals surface area contributed by atoms with Crippen LogP contribution in [0.1, 0.15) is 0 Å². The molecule has 0 amide bonds. The van der Waals surface area contributed by atoms with Crippen molar-refractivity contribution < 1.29 is 24.5 Å². The van der Waals surface area contributed by atoms with E-state index in [2.05, 4.69) is 0 Å². The third-order valence-electron chi connectivity index (χ3n) is 2.47. The Hall–Kier alpha value is -1.36. The van der Waals surface area contributed by atoms with E-state index in [4.69, 9.17) is 14.9 Å². The highest BCUT2D eigenvalue weighted by Gasteiger charge is 2.53. The minimum absolute atomic E-state index is 0.566. The number of fused-ring (bicyclic) bond motifs is 2. The topological polar surface area (TPSA) is 83.8 Å². The Labute approximate surface area is 73.6 Å². The monoisotopic (exact) mass is 184 g/mol. The number of carboxylic acid groups (broad SMARTS) is 2. The van der Waals surface area contributed by atoms with E-state index >= 15 is 0 Å². The van der Waals surface area contributed by atoms with Gasteiger partial charge in [0, 0.05) is 0 Å². The van der Waals surface area contributed by atoms with E-state index in [1.807, 2.05) is 0 Å². The maximum Gasteiger partial charge on any atom is 0.310 e. The molecule has 13 heavy (non-hydrogen) atoms. The summed E-state index contributed by atoms with van der Waals surface area (Å²) in [6, 6.07) is 0. The lowest BCUT2D eigenvalue weighted by Crippen LogP contribution is -2.36. The van der Waals surface area contributed by atoms with E-state index in [1.54, 1.807) is 12.2 Å². The van der Waals surface area contributed by atoms with Gasteiger partial charge in [-0.1, -0.05) is 12.2 Å². The molecule has 0 aromatic carbocycles. The summed E-state index contributed by atoms with van der Waals surface area (Å²) in [5.74, 6) is -4.09. The number of rotatable bonds is 2. The third kappa shape index (κ3) is 1.04. The zero-order valence-electron chi connectivity index (χ0n) is 6.58. The first-order valence-electron chi connectivity index (χ1n) is 3.90. The average Bonchev–Trinajstić information content (AvgIpc) is 2.60. The summed E-state index contributed by atoms with van der Waals surface area (Å²) < 4.78 is 5.15. The van der Waals surface area contributed by atoms with Crippen LogP contribution in [0.2, 0.25) is 0 Å². The molecule has 70 valence electrons. The molecule has 2 aliphatic heterocycles. The second-order valence-corrected chi connectivity index (χ2v) is 3.18. The smallest absolute Gasteiger partial charge is 0.310 e. The van der Waals surface area contributed by atoms with Crippen molar-refractivity contribution in [1.29, 1.82) is 0 Å². The summed E-state index contributed by atoms with van der Waals surface area (Å²) >= 11 is 0. The Morgan fingerprint density at radius 1 is 1.00 bits per heavy atom. The highest BCUT2D eigenvalue weighted by atomic mass is 16.5. The molecule has 2 aliphatic rings. The first-order chi connectivity index (χ1) is 6.11. The van der Waals surface area contributed by atoms with Crippen molar-refractivity contribution in [2.24, 2.45) is 11.8 Å². The average molecular weight is 184 g/mol. The van der Waals surface area contributed by atoms with Gasteiger partial charge in [-0.3, -0.25) is 9.59 Å². The van der Waals surface area contributed by atoms with Crippen LogP contribution in [0.25, 0.3) is 0 Å². The van der Waals surface area contributed by atoms with Crippen molar-refractivity contribution in [3.8, 4) is 0 Å². The van der Waals surface area contributed by atoms with Crippen molar-refractivity contribution in [2.75, 3.05) is 0 Å². The highest BCUT2D eigenvalue weighted by molar-refractivity contribution is 5.82. The van der Waals surface area contributed by atoms with Crippen molar-refractivity contribution in [3.63, 3.8) is 0 Å². The van der Waals surface area contributed by atoms with Crippen LogP contribution in [-0.4, -0.2) is 34.4 Å². The van der Waals surface area contributed by atoms with Gasteiger partial charge in [-0.25, -0.2) is 0 Å². The number of aliphatic carboxylic acids is 2. The minimum atomic E-state index is -1.11. The molecule has 5 heteroatoms. The fourth-order valence-electron chi connectivity index (χ4n) is 1.90. The van der Waals surface area contributed by atoms with Gasteiger partial charge in [0.25, 0.3) is 0 Å². The second-order valence-electron chi connectivity index (χ2n) is 3.18. The molecule has 0 aromatic heterocycles. The summed E-state index contributed by atoms with van der Waals surface area (Å²) in [6.45, 7) is 0. The van der Waals surface area contributed by atoms with Crippen LogP contribution < -0.4 is 0 Å². The first kappa shape index (κ1) is 8.25. The van der Waals surface area contributed by atoms with E-state index in [9.17, 15) is 9.59 Å². The fourth-order valence-corrected chi connectivity index (χ4v) is 1.90. The SMILES string of the molecule is O=C(O)[C@@H]1[C@H](C(=O)O)[C@@H]2C=C[C@@H]1O2. The zero-order valence-corrected chi connectivity index (χ0v) is 6.58. The lowest BCUT2D eigenvalue weighted by Gasteiger charge is -2.16. The molecule has 5 nitrogen and oxygen atoms in total. The van der Waals surface area contributed by atoms with E-state index in [0.29, 0.717) is 0 Å². The van der Waals surface area contributed by atoms with Crippen molar-refractivity contribution >= 4 is 11.9 Å². The molecule has 2 N–H and O–H groups in total. The Bertz CT molecular complexity index is 267. The number of ether oxygens (including phenoxy) is 1. The predicted molar refractivity (Wildman–Crippen MR) is 40.1 cm³/mol. The Balaban J connectivity index is 2.30. The lowest BCUT2D eigenvalue weighted by molar-refractivity contribution is -0.152. The van der Waals surface area contributed by atoms with Crippen molar-refractivity contribution in [2.45, 2.75) is 12.2 Å². The van der Waals surface area contributed by atoms with E-state index in [0.717, 1.165) is 0 Å². The van der Waals surface area contributed by atoms with Crippen molar-refractivity contribution in [1.82, 2.24) is 0 Å². The highest BCUT2D eigenvalue weighted by Crippen LogP contribution is 2.39. The number of carboxylic acids is 2. The number of hydrogen-bond donors (Lipinski definition) is 2. The molecule has 0 saturated carbocycles. The largest absolute Gasteiger partial charge is 0.481 e. The van der Waals surface area contributed by atoms with Gasteiger partial charge in [0.1, 0.15) is 11.8 Å². The van der Waals surface area contributed by atoms with Crippen LogP contribution in [0.4, 0.5) is 0 Å². The van der Waals surface area contributed by atoms with Crippen LogP contribution in [-0.2, 0) is 14.3 Å². The van der Waals surface area contributed by atoms with Gasteiger partial charge in [0.2, 0.25) is 0 Å². The van der Waals surface area contributed by atoms with Crippen LogP contribution in [0.15, 0.2) is 12.2 Å². The van der Waals surface area contributed by atoms with Gasteiger partial charge in [-0.05, 0) is 0 Å². The third-order valence-corrected chi connectivity index (χ3v) is 2.47. The predicted octanol–water partition coefficient (Wildman–Crippen LogP) is -0.275. The molecule has 2 bridgehead atoms. The first-order valence-corrected chi connectivity index (χ1v) is 3.90. The fraction of sp³-hybridized carbons (Fsp3) is 0.500. The lowest BCUT2D eigenvalue weighted by atomic mass is 9.83. The molecule has 0 unspecified atom stereocenters. The van der Waals surface area contributed by atoms with Gasteiger partial charge in [0.05, 0.1) is 12.2 Å². The maximum absolute atomic E-state index is 10.7. The van der Waals surface area contributed by atoms with E-state index < -0.39 is 36.0 Å². The molecular weight excluding hydrogens is 176 g/mol. The van der Waals surface area contributed by atoms with Crippen LogP contribution in [0, 0.1) is 11.8 Å².